The number of ether oxygens (including phenoxy) is 1. The number of methoxy groups -OCH3 is 1. The summed E-state index contributed by atoms with van der Waals surface area (Å²) in [4.78, 5) is 10.8. The minimum Gasteiger partial charge on any atom is 0 e. The number of esters is 1. The van der Waals surface area contributed by atoms with E-state index in [9.17, 15) is 4.79 Å². The van der Waals surface area contributed by atoms with Crippen molar-refractivity contribution in [2.75, 3.05) is 7.11 Å². The molecule has 0 fully saturated rings. The second-order valence-corrected chi connectivity index (χ2v) is 2.13. The Kier molecular flexibility index (Phi) is 35.1. The van der Waals surface area contributed by atoms with Crippen LogP contribution >= 0.6 is 0 Å². The number of carbonyl (C=O) groups excluding carboxylic acids is 1. The largest absolute Gasteiger partial charge is 0 e. The maximum atomic E-state index is 10.8. The van der Waals surface area contributed by atoms with Gasteiger partial charge in [0.2, 0.25) is 0 Å². The van der Waals surface area contributed by atoms with E-state index in [1.165, 1.54) is 7.11 Å². The van der Waals surface area contributed by atoms with E-state index in [4.69, 9.17) is 14.0 Å². The van der Waals surface area contributed by atoms with Crippen molar-refractivity contribution in [3.8, 4) is 0 Å². The van der Waals surface area contributed by atoms with Crippen LogP contribution in [0, 0.1) is 20.0 Å². The minimum absolute atomic E-state index is 0. The number of allylic oxidation sites excluding steroid dienone is 2. The zero-order valence-corrected chi connectivity index (χ0v) is 10.1. The summed E-state index contributed by atoms with van der Waals surface area (Å²) in [6.45, 7) is 13.5. The zero-order chi connectivity index (χ0) is 13.4. The first-order valence-corrected chi connectivity index (χ1v) is 3.91. The fourth-order valence-electron chi connectivity index (χ4n) is 0.883. The first-order chi connectivity index (χ1) is 7.84. The van der Waals surface area contributed by atoms with Crippen LogP contribution in [0.3, 0.4) is 0 Å². The van der Waals surface area contributed by atoms with Crippen LogP contribution in [-0.4, -0.2) is 13.1 Å². The summed E-state index contributed by atoms with van der Waals surface area (Å²) in [5.41, 5.74) is 0.675. The number of carbonyl (C=O) groups is 1. The SMILES string of the molecule is COC(=O)C1=CCCC=C1.[C-]#[O+].[C-]#[O+].[C-]#[O+].[Fe]. The van der Waals surface area contributed by atoms with Crippen molar-refractivity contribution in [2.45, 2.75) is 12.8 Å². The smallest absolute Gasteiger partial charge is 0 e. The van der Waals surface area contributed by atoms with Crippen molar-refractivity contribution >= 4 is 5.97 Å². The quantitative estimate of drug-likeness (QED) is 0.313. The van der Waals surface area contributed by atoms with Gasteiger partial charge in [-0.2, -0.15) is 0 Å². The Balaban J connectivity index is -0.000000106. The molecule has 0 aromatic carbocycles. The first kappa shape index (κ1) is 24.8. The molecule has 0 bridgehead atoms. The molecule has 1 rings (SSSR count). The van der Waals surface area contributed by atoms with E-state index in [1.54, 1.807) is 6.08 Å². The summed E-state index contributed by atoms with van der Waals surface area (Å²) in [6, 6.07) is 0. The maximum Gasteiger partial charge on any atom is 0 e. The topological polar surface area (TPSA) is 86.0 Å². The normalized spacial score (nSPS) is 9.94. The monoisotopic (exact) mass is 278 g/mol. The second kappa shape index (κ2) is 24.1. The molecule has 0 atom stereocenters. The third kappa shape index (κ3) is 14.7. The zero-order valence-electron chi connectivity index (χ0n) is 9.04. The van der Waals surface area contributed by atoms with E-state index >= 15 is 0 Å². The van der Waals surface area contributed by atoms with Gasteiger partial charge in [0, 0.05) is 17.1 Å². The average Bonchev–Trinajstić information content (AvgIpc) is 2.45. The Morgan fingerprint density at radius 1 is 1.18 bits per heavy atom. The van der Waals surface area contributed by atoms with Gasteiger partial charge in [-0.1, -0.05) is 18.2 Å². The molecule has 0 saturated carbocycles. The predicted molar refractivity (Wildman–Crippen MR) is 50.3 cm³/mol. The van der Waals surface area contributed by atoms with Crippen molar-refractivity contribution in [2.24, 2.45) is 0 Å². The molecule has 0 aromatic heterocycles. The van der Waals surface area contributed by atoms with Gasteiger partial charge in [0.25, 0.3) is 0 Å². The van der Waals surface area contributed by atoms with E-state index < -0.39 is 0 Å². The van der Waals surface area contributed by atoms with Crippen molar-refractivity contribution in [3.05, 3.63) is 43.8 Å². The van der Waals surface area contributed by atoms with Gasteiger partial charge in [0.15, 0.2) is 0 Å². The van der Waals surface area contributed by atoms with Crippen LogP contribution in [-0.2, 0) is 40.6 Å². The Hall–Kier alpha value is -1.31. The van der Waals surface area contributed by atoms with Crippen molar-refractivity contribution < 1.29 is 40.6 Å². The summed E-state index contributed by atoms with van der Waals surface area (Å²) in [5.74, 6) is -0.240. The number of hydrogen-bond donors (Lipinski definition) is 0. The molecule has 0 radical (unpaired) electrons. The Morgan fingerprint density at radius 3 is 1.94 bits per heavy atom. The molecule has 0 amide bonds. The average molecular weight is 278 g/mol. The summed E-state index contributed by atoms with van der Waals surface area (Å²) >= 11 is 0. The van der Waals surface area contributed by atoms with Gasteiger partial charge in [-0.25, -0.2) is 4.79 Å². The minimum atomic E-state index is -0.240. The molecular weight excluding hydrogens is 268 g/mol. The third-order valence-corrected chi connectivity index (χ3v) is 1.42. The maximum absolute atomic E-state index is 10.8. The Bertz CT molecular complexity index is 284. The van der Waals surface area contributed by atoms with Crippen LogP contribution in [0.15, 0.2) is 23.8 Å². The standard InChI is InChI=1S/C8H10O2.3CO.Fe/c1-10-8(9)7-5-3-2-4-6-7;3*1-2;/h3,5-6H,2,4H2,1H3;;;;. The fourth-order valence-corrected chi connectivity index (χ4v) is 0.883. The van der Waals surface area contributed by atoms with Crippen LogP contribution in [0.5, 0.6) is 0 Å². The van der Waals surface area contributed by atoms with Crippen molar-refractivity contribution in [3.63, 3.8) is 0 Å². The van der Waals surface area contributed by atoms with Gasteiger partial charge in [-0.15, -0.1) is 0 Å². The van der Waals surface area contributed by atoms with Crippen LogP contribution < -0.4 is 0 Å². The van der Waals surface area contributed by atoms with Crippen LogP contribution in [0.2, 0.25) is 0 Å². The molecule has 1 aliphatic rings. The van der Waals surface area contributed by atoms with Gasteiger partial charge in [0.1, 0.15) is 0 Å². The molecule has 6 heteroatoms. The Morgan fingerprint density at radius 2 is 1.65 bits per heavy atom. The van der Waals surface area contributed by atoms with Gasteiger partial charge < -0.3 is 4.74 Å². The molecule has 17 heavy (non-hydrogen) atoms. The molecule has 0 aliphatic heterocycles. The van der Waals surface area contributed by atoms with E-state index in [0.717, 1.165) is 12.8 Å². The van der Waals surface area contributed by atoms with Crippen LogP contribution in [0.25, 0.3) is 0 Å². The summed E-state index contributed by atoms with van der Waals surface area (Å²) in [7, 11) is 1.39. The van der Waals surface area contributed by atoms with Crippen LogP contribution in [0.1, 0.15) is 12.8 Å². The van der Waals surface area contributed by atoms with Gasteiger partial charge in [-0.3, -0.25) is 0 Å². The molecule has 0 unspecified atom stereocenters. The summed E-state index contributed by atoms with van der Waals surface area (Å²) in [6.07, 6.45) is 7.65. The first-order valence-electron chi connectivity index (χ1n) is 3.91. The molecule has 0 saturated heterocycles. The second-order valence-electron chi connectivity index (χ2n) is 2.13. The van der Waals surface area contributed by atoms with Gasteiger partial charge >= 0.3 is 39.9 Å². The van der Waals surface area contributed by atoms with Crippen molar-refractivity contribution in [1.29, 1.82) is 0 Å². The van der Waals surface area contributed by atoms with E-state index in [-0.39, 0.29) is 23.0 Å². The molecule has 0 N–H and O–H groups in total. The molecule has 0 aromatic rings. The molecule has 92 valence electrons. The molecule has 1 aliphatic carbocycles. The van der Waals surface area contributed by atoms with Gasteiger partial charge in [-0.05, 0) is 12.8 Å². The fraction of sp³-hybridized carbons (Fsp3) is 0.273. The van der Waals surface area contributed by atoms with E-state index in [2.05, 4.69) is 24.7 Å². The molecule has 5 nitrogen and oxygen atoms in total. The Labute approximate surface area is 111 Å². The summed E-state index contributed by atoms with van der Waals surface area (Å²) in [5, 5.41) is 0. The predicted octanol–water partition coefficient (Wildman–Crippen LogP) is 1.32. The third-order valence-electron chi connectivity index (χ3n) is 1.42. The van der Waals surface area contributed by atoms with Crippen molar-refractivity contribution in [1.82, 2.24) is 0 Å². The number of rotatable bonds is 1. The molecule has 0 heterocycles. The molecule has 0 spiro atoms. The van der Waals surface area contributed by atoms with E-state index in [0.29, 0.717) is 5.57 Å². The summed E-state index contributed by atoms with van der Waals surface area (Å²) < 4.78 is 27.0. The van der Waals surface area contributed by atoms with Crippen LogP contribution in [0.4, 0.5) is 0 Å². The number of hydrogen-bond acceptors (Lipinski definition) is 2. The van der Waals surface area contributed by atoms with Gasteiger partial charge in [0.05, 0.1) is 12.7 Å². The molecular formula is C11H10FeO5. The van der Waals surface area contributed by atoms with E-state index in [1.807, 2.05) is 12.2 Å².